The number of hydrogen-bond donors (Lipinski definition) is 2. The van der Waals surface area contributed by atoms with Crippen LogP contribution in [0.4, 0.5) is 0 Å². The highest BCUT2D eigenvalue weighted by molar-refractivity contribution is 7.88. The number of methoxy groups -OCH3 is 1. The van der Waals surface area contributed by atoms with Gasteiger partial charge in [0.25, 0.3) is 16.0 Å². The van der Waals surface area contributed by atoms with Crippen molar-refractivity contribution in [1.29, 1.82) is 0 Å². The van der Waals surface area contributed by atoms with Gasteiger partial charge in [-0.05, 0) is 36.4 Å². The molecule has 0 saturated carbocycles. The highest BCUT2D eigenvalue weighted by atomic mass is 35.5. The van der Waals surface area contributed by atoms with E-state index in [0.29, 0.717) is 27.4 Å². The van der Waals surface area contributed by atoms with Gasteiger partial charge in [-0.15, -0.1) is 0 Å². The Bertz CT molecular complexity index is 823. The van der Waals surface area contributed by atoms with Crippen molar-refractivity contribution >= 4 is 33.7 Å². The molecule has 1 aromatic carbocycles. The molecule has 0 fully saturated rings. The lowest BCUT2D eigenvalue weighted by Crippen LogP contribution is -2.12. The Morgan fingerprint density at radius 3 is 2.54 bits per heavy atom. The van der Waals surface area contributed by atoms with Crippen LogP contribution in [-0.2, 0) is 10.1 Å². The molecule has 0 spiro atoms. The first-order valence-corrected chi connectivity index (χ1v) is 8.31. The van der Waals surface area contributed by atoms with Crippen LogP contribution in [0.3, 0.4) is 0 Å². The van der Waals surface area contributed by atoms with Crippen LogP contribution in [0.1, 0.15) is 16.1 Å². The number of nitrogens with two attached hydrogens (primary N) is 1. The molecule has 128 valence electrons. The van der Waals surface area contributed by atoms with Crippen molar-refractivity contribution in [2.24, 2.45) is 5.73 Å². The van der Waals surface area contributed by atoms with Gasteiger partial charge in [-0.1, -0.05) is 17.7 Å². The van der Waals surface area contributed by atoms with Crippen LogP contribution in [0.15, 0.2) is 48.0 Å². The van der Waals surface area contributed by atoms with Gasteiger partial charge in [0.05, 0.1) is 23.8 Å². The van der Waals surface area contributed by atoms with Crippen LogP contribution in [0, 0.1) is 0 Å². The quantitative estimate of drug-likeness (QED) is 0.797. The summed E-state index contributed by atoms with van der Waals surface area (Å²) in [4.78, 5) is 14.6. The monoisotopic (exact) mass is 370 g/mol. The molecule has 7 nitrogen and oxygen atoms in total. The van der Waals surface area contributed by atoms with E-state index < -0.39 is 16.0 Å². The summed E-state index contributed by atoms with van der Waals surface area (Å²) in [6.45, 7) is 0. The molecule has 0 aliphatic rings. The zero-order chi connectivity index (χ0) is 18.2. The molecule has 0 saturated heterocycles. The summed E-state index contributed by atoms with van der Waals surface area (Å²) in [6, 6.07) is 9.72. The zero-order valence-electron chi connectivity index (χ0n) is 12.6. The number of rotatable bonds is 4. The van der Waals surface area contributed by atoms with Crippen molar-refractivity contribution in [3.63, 3.8) is 0 Å². The second-order valence-corrected chi connectivity index (χ2v) is 6.02. The van der Waals surface area contributed by atoms with E-state index in [1.54, 1.807) is 30.3 Å². The van der Waals surface area contributed by atoms with E-state index in [0.717, 1.165) is 0 Å². The number of halogens is 1. The number of amides is 1. The molecule has 1 amide bonds. The highest BCUT2D eigenvalue weighted by Crippen LogP contribution is 2.22. The zero-order valence-corrected chi connectivity index (χ0v) is 14.2. The van der Waals surface area contributed by atoms with Gasteiger partial charge in [0.15, 0.2) is 0 Å². The lowest BCUT2D eigenvalue weighted by atomic mass is 10.2. The maximum absolute atomic E-state index is 10.8. The van der Waals surface area contributed by atoms with Gasteiger partial charge < -0.3 is 10.5 Å². The normalized spacial score (nSPS) is 10.8. The minimum atomic E-state index is -4.04. The lowest BCUT2D eigenvalue weighted by molar-refractivity contribution is 0.0997. The van der Waals surface area contributed by atoms with E-state index in [2.05, 4.69) is 4.98 Å². The first-order valence-electron chi connectivity index (χ1n) is 6.43. The topological polar surface area (TPSA) is 120 Å². The van der Waals surface area contributed by atoms with Crippen molar-refractivity contribution in [2.45, 2.75) is 0 Å². The highest BCUT2D eigenvalue weighted by Gasteiger charge is 2.07. The van der Waals surface area contributed by atoms with Crippen LogP contribution in [0.5, 0.6) is 5.75 Å². The van der Waals surface area contributed by atoms with E-state index in [1.165, 1.54) is 25.4 Å². The van der Waals surface area contributed by atoms with Crippen LogP contribution in [0.2, 0.25) is 5.02 Å². The molecule has 0 unspecified atom stereocenters. The standard InChI is InChI=1S/C8H8ClNO2.C7H7NO3S/c1-12-7-4-5(9)2-3-6(7)8(10)11;9-12(10,11)6-4-7-3-1-2-5-8-7/h2-4H,1H3,(H2,10,11);1-6H,(H,9,10,11)/b;6-4+. The number of benzene rings is 1. The molecule has 1 aromatic heterocycles. The van der Waals surface area contributed by atoms with Crippen LogP contribution >= 0.6 is 11.6 Å². The van der Waals surface area contributed by atoms with Crippen molar-refractivity contribution in [2.75, 3.05) is 7.11 Å². The molecule has 0 bridgehead atoms. The third-order valence-corrected chi connectivity index (χ3v) is 3.24. The predicted octanol–water partition coefficient (Wildman–Crippen LogP) is 2.39. The Balaban J connectivity index is 0.000000240. The van der Waals surface area contributed by atoms with Crippen molar-refractivity contribution in [1.82, 2.24) is 4.98 Å². The molecule has 0 aliphatic heterocycles. The number of primary amides is 1. The molecular weight excluding hydrogens is 356 g/mol. The minimum Gasteiger partial charge on any atom is -0.496 e. The van der Waals surface area contributed by atoms with Crippen molar-refractivity contribution in [3.8, 4) is 5.75 Å². The molecule has 2 aromatic rings. The van der Waals surface area contributed by atoms with Crippen molar-refractivity contribution in [3.05, 3.63) is 64.3 Å². The van der Waals surface area contributed by atoms with Gasteiger partial charge in [-0.25, -0.2) is 0 Å². The number of carbonyl (C=O) groups is 1. The van der Waals surface area contributed by atoms with Crippen molar-refractivity contribution < 1.29 is 22.5 Å². The molecular formula is C15H15ClN2O5S. The molecule has 0 aliphatic carbocycles. The summed E-state index contributed by atoms with van der Waals surface area (Å²) < 4.78 is 33.7. The molecule has 1 heterocycles. The van der Waals surface area contributed by atoms with E-state index in [1.807, 2.05) is 0 Å². The van der Waals surface area contributed by atoms with Gasteiger partial charge >= 0.3 is 0 Å². The average Bonchev–Trinajstić information content (AvgIpc) is 2.53. The summed E-state index contributed by atoms with van der Waals surface area (Å²) in [5.41, 5.74) is 5.89. The largest absolute Gasteiger partial charge is 0.496 e. The van der Waals surface area contributed by atoms with E-state index in [4.69, 9.17) is 26.6 Å². The van der Waals surface area contributed by atoms with E-state index >= 15 is 0 Å². The number of carbonyl (C=O) groups excluding carboxylic acids is 1. The fourth-order valence-corrected chi connectivity index (χ4v) is 1.97. The Morgan fingerprint density at radius 2 is 2.04 bits per heavy atom. The summed E-state index contributed by atoms with van der Waals surface area (Å²) in [5, 5.41) is 1.20. The smallest absolute Gasteiger partial charge is 0.287 e. The molecule has 9 heteroatoms. The Hall–Kier alpha value is -2.42. The molecule has 3 N–H and O–H groups in total. The van der Waals surface area contributed by atoms with Gasteiger partial charge in [0.2, 0.25) is 0 Å². The molecule has 0 radical (unpaired) electrons. The fourth-order valence-electron chi connectivity index (χ4n) is 1.50. The minimum absolute atomic E-state index is 0.335. The summed E-state index contributed by atoms with van der Waals surface area (Å²) >= 11 is 5.67. The Labute approximate surface area is 144 Å². The summed E-state index contributed by atoms with van der Waals surface area (Å²) in [7, 11) is -2.59. The summed E-state index contributed by atoms with van der Waals surface area (Å²) in [5.74, 6) is -0.126. The molecule has 2 rings (SSSR count). The van der Waals surface area contributed by atoms with Crippen LogP contribution < -0.4 is 10.5 Å². The number of pyridine rings is 1. The maximum Gasteiger partial charge on any atom is 0.287 e. The number of nitrogens with zero attached hydrogens (tertiary/aromatic N) is 1. The number of aromatic nitrogens is 1. The van der Waals surface area contributed by atoms with E-state index in [9.17, 15) is 13.2 Å². The third kappa shape index (κ3) is 7.23. The Kier molecular flexibility index (Phi) is 7.37. The third-order valence-electron chi connectivity index (χ3n) is 2.53. The SMILES string of the molecule is COc1cc(Cl)ccc1C(N)=O.O=S(=O)(O)/C=C/c1ccccn1. The number of hydrogen-bond acceptors (Lipinski definition) is 5. The van der Waals surface area contributed by atoms with Crippen LogP contribution in [-0.4, -0.2) is 31.0 Å². The lowest BCUT2D eigenvalue weighted by Gasteiger charge is -2.04. The van der Waals surface area contributed by atoms with E-state index in [-0.39, 0.29) is 0 Å². The van der Waals surface area contributed by atoms with Gasteiger partial charge in [0.1, 0.15) is 5.75 Å². The Morgan fingerprint density at radius 1 is 1.33 bits per heavy atom. The molecule has 0 atom stereocenters. The second-order valence-electron chi connectivity index (χ2n) is 4.28. The molecule has 24 heavy (non-hydrogen) atoms. The predicted molar refractivity (Wildman–Crippen MR) is 91.3 cm³/mol. The van der Waals surface area contributed by atoms with Crippen LogP contribution in [0.25, 0.3) is 6.08 Å². The first kappa shape index (κ1) is 19.6. The number of ether oxygens (including phenoxy) is 1. The fraction of sp³-hybridized carbons (Fsp3) is 0.0667. The first-order chi connectivity index (χ1) is 11.2. The van der Waals surface area contributed by atoms with Gasteiger partial charge in [0, 0.05) is 11.2 Å². The second kappa shape index (κ2) is 9.02. The van der Waals surface area contributed by atoms with Gasteiger partial charge in [-0.2, -0.15) is 8.42 Å². The van der Waals surface area contributed by atoms with Gasteiger partial charge in [-0.3, -0.25) is 14.3 Å². The maximum atomic E-state index is 10.8. The summed E-state index contributed by atoms with van der Waals surface area (Å²) in [6.07, 6.45) is 2.75. The average molecular weight is 371 g/mol.